The molecule has 0 radical (unpaired) electrons. The topological polar surface area (TPSA) is 102 Å². The van der Waals surface area contributed by atoms with E-state index in [-0.39, 0.29) is 17.2 Å². The number of primary amides is 1. The van der Waals surface area contributed by atoms with E-state index in [4.69, 9.17) is 10.7 Å². The highest BCUT2D eigenvalue weighted by molar-refractivity contribution is 5.98. The van der Waals surface area contributed by atoms with Crippen LogP contribution in [0.5, 0.6) is 0 Å². The quantitative estimate of drug-likeness (QED) is 0.703. The van der Waals surface area contributed by atoms with Crippen LogP contribution in [0.3, 0.4) is 0 Å². The van der Waals surface area contributed by atoms with E-state index in [0.717, 1.165) is 23.7 Å². The summed E-state index contributed by atoms with van der Waals surface area (Å²) >= 11 is 0. The molecule has 4 rings (SSSR count). The molecule has 1 atom stereocenters. The Balaban J connectivity index is 1.61. The second kappa shape index (κ2) is 8.06. The third-order valence-corrected chi connectivity index (χ3v) is 5.68. The SMILES string of the molecule is CC(C)(C)c1ncc(C(=O)N2CCCC(c3nc4ccccc4cc3C(N)=O)C2)cn1. The summed E-state index contributed by atoms with van der Waals surface area (Å²) in [6, 6.07) is 9.46. The van der Waals surface area contributed by atoms with Crippen molar-refractivity contribution in [3.05, 3.63) is 65.4 Å². The highest BCUT2D eigenvalue weighted by atomic mass is 16.2. The lowest BCUT2D eigenvalue weighted by atomic mass is 9.90. The molecule has 7 heteroatoms. The van der Waals surface area contributed by atoms with Crippen molar-refractivity contribution in [2.24, 2.45) is 5.73 Å². The van der Waals surface area contributed by atoms with Crippen LogP contribution in [0.25, 0.3) is 10.9 Å². The Hall–Kier alpha value is -3.35. The average Bonchev–Trinajstić information content (AvgIpc) is 2.77. The minimum absolute atomic E-state index is 0.0560. The number of rotatable bonds is 3. The minimum Gasteiger partial charge on any atom is -0.366 e. The summed E-state index contributed by atoms with van der Waals surface area (Å²) in [5.41, 5.74) is 7.88. The van der Waals surface area contributed by atoms with Gasteiger partial charge < -0.3 is 10.6 Å². The molecule has 160 valence electrons. The summed E-state index contributed by atoms with van der Waals surface area (Å²) in [5, 5.41) is 0.875. The molecule has 1 fully saturated rings. The molecule has 0 aliphatic carbocycles. The van der Waals surface area contributed by atoms with Crippen LogP contribution >= 0.6 is 0 Å². The molecule has 1 unspecified atom stereocenters. The molecular weight excluding hydrogens is 390 g/mol. The van der Waals surface area contributed by atoms with Gasteiger partial charge in [-0.15, -0.1) is 0 Å². The fourth-order valence-electron chi connectivity index (χ4n) is 4.03. The number of hydrogen-bond donors (Lipinski definition) is 1. The number of fused-ring (bicyclic) bond motifs is 1. The van der Waals surface area contributed by atoms with Crippen molar-refractivity contribution in [2.45, 2.75) is 44.9 Å². The first-order valence-corrected chi connectivity index (χ1v) is 10.6. The van der Waals surface area contributed by atoms with Gasteiger partial charge in [0, 0.05) is 42.2 Å². The van der Waals surface area contributed by atoms with Crippen LogP contribution in [-0.4, -0.2) is 44.8 Å². The number of amides is 2. The molecule has 3 heterocycles. The number of likely N-dealkylation sites (tertiary alicyclic amines) is 1. The minimum atomic E-state index is -0.497. The van der Waals surface area contributed by atoms with Crippen LogP contribution < -0.4 is 5.73 Å². The van der Waals surface area contributed by atoms with Gasteiger partial charge in [0.05, 0.1) is 22.3 Å². The van der Waals surface area contributed by atoms with Crippen LogP contribution in [0.2, 0.25) is 0 Å². The number of carbonyl (C=O) groups is 2. The summed E-state index contributed by atoms with van der Waals surface area (Å²) in [7, 11) is 0. The van der Waals surface area contributed by atoms with Crippen molar-refractivity contribution in [3.63, 3.8) is 0 Å². The number of piperidine rings is 1. The molecule has 2 N–H and O–H groups in total. The average molecular weight is 418 g/mol. The van der Waals surface area contributed by atoms with Gasteiger partial charge in [-0.05, 0) is 25.0 Å². The third kappa shape index (κ3) is 4.26. The van der Waals surface area contributed by atoms with E-state index in [9.17, 15) is 9.59 Å². The predicted molar refractivity (Wildman–Crippen MR) is 119 cm³/mol. The van der Waals surface area contributed by atoms with Crippen molar-refractivity contribution < 1.29 is 9.59 Å². The molecule has 2 amide bonds. The molecule has 7 nitrogen and oxygen atoms in total. The monoisotopic (exact) mass is 417 g/mol. The lowest BCUT2D eigenvalue weighted by molar-refractivity contribution is 0.0704. The first-order valence-electron chi connectivity index (χ1n) is 10.6. The number of para-hydroxylation sites is 1. The Morgan fingerprint density at radius 2 is 1.84 bits per heavy atom. The van der Waals surface area contributed by atoms with Gasteiger partial charge in [-0.1, -0.05) is 39.0 Å². The molecule has 0 spiro atoms. The fourth-order valence-corrected chi connectivity index (χ4v) is 4.03. The largest absolute Gasteiger partial charge is 0.366 e. The van der Waals surface area contributed by atoms with E-state index in [1.807, 2.05) is 45.0 Å². The molecule has 0 saturated carbocycles. The van der Waals surface area contributed by atoms with Gasteiger partial charge in [-0.3, -0.25) is 14.6 Å². The summed E-state index contributed by atoms with van der Waals surface area (Å²) in [4.78, 5) is 40.6. The van der Waals surface area contributed by atoms with Crippen molar-refractivity contribution in [1.29, 1.82) is 0 Å². The lowest BCUT2D eigenvalue weighted by Gasteiger charge is -2.33. The summed E-state index contributed by atoms with van der Waals surface area (Å²) in [6.45, 7) is 7.23. The summed E-state index contributed by atoms with van der Waals surface area (Å²) in [6.07, 6.45) is 4.87. The zero-order chi connectivity index (χ0) is 22.2. The molecule has 3 aromatic rings. The van der Waals surface area contributed by atoms with Crippen molar-refractivity contribution in [3.8, 4) is 0 Å². The van der Waals surface area contributed by atoms with Gasteiger partial charge in [0.2, 0.25) is 0 Å². The molecule has 1 aliphatic heterocycles. The van der Waals surface area contributed by atoms with Crippen molar-refractivity contribution in [1.82, 2.24) is 19.9 Å². The van der Waals surface area contributed by atoms with Crippen LogP contribution in [0.1, 0.15) is 71.8 Å². The number of nitrogens with two attached hydrogens (primary N) is 1. The van der Waals surface area contributed by atoms with Crippen LogP contribution in [0.15, 0.2) is 42.7 Å². The fraction of sp³-hybridized carbons (Fsp3) is 0.375. The maximum atomic E-state index is 13.1. The number of carbonyl (C=O) groups excluding carboxylic acids is 2. The number of nitrogens with zero attached hydrogens (tertiary/aromatic N) is 4. The Kier molecular flexibility index (Phi) is 5.43. The zero-order valence-electron chi connectivity index (χ0n) is 18.1. The summed E-state index contributed by atoms with van der Waals surface area (Å²) < 4.78 is 0. The second-order valence-electron chi connectivity index (χ2n) is 9.11. The maximum absolute atomic E-state index is 13.1. The van der Waals surface area contributed by atoms with E-state index in [2.05, 4.69) is 9.97 Å². The van der Waals surface area contributed by atoms with Crippen molar-refractivity contribution >= 4 is 22.7 Å². The molecule has 0 bridgehead atoms. The molecule has 1 saturated heterocycles. The molecular formula is C24H27N5O2. The number of hydrogen-bond acceptors (Lipinski definition) is 5. The van der Waals surface area contributed by atoms with Crippen LogP contribution in [0, 0.1) is 0 Å². The normalized spacial score (nSPS) is 17.0. The third-order valence-electron chi connectivity index (χ3n) is 5.68. The molecule has 2 aromatic heterocycles. The Morgan fingerprint density at radius 3 is 2.52 bits per heavy atom. The van der Waals surface area contributed by atoms with Crippen molar-refractivity contribution in [2.75, 3.05) is 13.1 Å². The highest BCUT2D eigenvalue weighted by Gasteiger charge is 2.29. The van der Waals surface area contributed by atoms with Gasteiger partial charge >= 0.3 is 0 Å². The second-order valence-corrected chi connectivity index (χ2v) is 9.11. The van der Waals surface area contributed by atoms with Gasteiger partial charge in [0.1, 0.15) is 5.82 Å². The summed E-state index contributed by atoms with van der Waals surface area (Å²) in [5.74, 6) is 0.0426. The smallest absolute Gasteiger partial charge is 0.257 e. The van der Waals surface area contributed by atoms with Gasteiger partial charge in [-0.2, -0.15) is 0 Å². The van der Waals surface area contributed by atoms with Crippen LogP contribution in [-0.2, 0) is 5.41 Å². The van der Waals surface area contributed by atoms with Gasteiger partial charge in [-0.25, -0.2) is 9.97 Å². The maximum Gasteiger partial charge on any atom is 0.257 e. The van der Waals surface area contributed by atoms with E-state index in [1.165, 1.54) is 0 Å². The highest BCUT2D eigenvalue weighted by Crippen LogP contribution is 2.30. The van der Waals surface area contributed by atoms with E-state index in [0.29, 0.717) is 35.7 Å². The Morgan fingerprint density at radius 1 is 1.13 bits per heavy atom. The predicted octanol–water partition coefficient (Wildman–Crippen LogP) is 3.44. The zero-order valence-corrected chi connectivity index (χ0v) is 18.1. The number of benzene rings is 1. The molecule has 1 aromatic carbocycles. The van der Waals surface area contributed by atoms with Gasteiger partial charge in [0.15, 0.2) is 0 Å². The number of pyridine rings is 1. The molecule has 31 heavy (non-hydrogen) atoms. The van der Waals surface area contributed by atoms with Crippen LogP contribution in [0.4, 0.5) is 0 Å². The van der Waals surface area contributed by atoms with E-state index >= 15 is 0 Å². The first-order chi connectivity index (χ1) is 14.7. The lowest BCUT2D eigenvalue weighted by Crippen LogP contribution is -2.40. The van der Waals surface area contributed by atoms with Gasteiger partial charge in [0.25, 0.3) is 11.8 Å². The standard InChI is InChI=1S/C24H27N5O2/c1-24(2,3)23-26-12-17(13-27-23)22(31)29-10-6-8-16(14-29)20-18(21(25)30)11-15-7-4-5-9-19(15)28-20/h4-5,7,9,11-13,16H,6,8,10,14H2,1-3H3,(H2,25,30). The Bertz CT molecular complexity index is 1130. The van der Waals surface area contributed by atoms with E-state index in [1.54, 1.807) is 23.4 Å². The first kappa shape index (κ1) is 20.9. The molecule has 1 aliphatic rings. The Labute approximate surface area is 181 Å². The number of aromatic nitrogens is 3. The van der Waals surface area contributed by atoms with E-state index < -0.39 is 5.91 Å².